The Morgan fingerprint density at radius 3 is 2.52 bits per heavy atom. The van der Waals surface area contributed by atoms with Gasteiger partial charge in [0.15, 0.2) is 11.5 Å². The van der Waals surface area contributed by atoms with Crippen LogP contribution in [0.25, 0.3) is 0 Å². The van der Waals surface area contributed by atoms with Crippen LogP contribution in [0.5, 0.6) is 11.5 Å². The molecule has 0 bridgehead atoms. The zero-order valence-corrected chi connectivity index (χ0v) is 18.2. The number of carbonyl (C=O) groups is 2. The first-order valence-electron chi connectivity index (χ1n) is 10.7. The summed E-state index contributed by atoms with van der Waals surface area (Å²) in [7, 11) is 1.57. The van der Waals surface area contributed by atoms with Crippen LogP contribution < -0.4 is 20.2 Å². The standard InChI is InChI=1S/C26H25N3O4/c1-32-23-14-19(12-13-22(23)33-17-18-8-4-2-5-9-18)15-28-29-26(31)24-21(16-27-25(24)30)20-10-6-3-7-11-20/h2-15,21,24H,16-17H2,1H3,(H,27,30)(H,29,31)/b28-15+/t21-,24+/m1/s1. The van der Waals surface area contributed by atoms with Crippen LogP contribution in [-0.2, 0) is 16.2 Å². The summed E-state index contributed by atoms with van der Waals surface area (Å²) in [6.07, 6.45) is 1.51. The van der Waals surface area contributed by atoms with Gasteiger partial charge in [-0.25, -0.2) is 5.43 Å². The third-order valence-electron chi connectivity index (χ3n) is 5.50. The van der Waals surface area contributed by atoms with E-state index in [0.29, 0.717) is 24.7 Å². The SMILES string of the molecule is COc1cc(/C=N/NC(=O)[C@@H]2C(=O)NC[C@@H]2c2ccccc2)ccc1OCc1ccccc1. The Balaban J connectivity index is 1.39. The zero-order chi connectivity index (χ0) is 23.0. The van der Waals surface area contributed by atoms with Crippen LogP contribution in [-0.4, -0.2) is 31.7 Å². The van der Waals surface area contributed by atoms with Crippen molar-refractivity contribution in [3.8, 4) is 11.5 Å². The third-order valence-corrected chi connectivity index (χ3v) is 5.50. The minimum atomic E-state index is -0.826. The number of benzene rings is 3. The highest BCUT2D eigenvalue weighted by Crippen LogP contribution is 2.30. The Morgan fingerprint density at radius 1 is 1.06 bits per heavy atom. The fraction of sp³-hybridized carbons (Fsp3) is 0.192. The number of carbonyl (C=O) groups excluding carboxylic acids is 2. The summed E-state index contributed by atoms with van der Waals surface area (Å²) in [4.78, 5) is 25.0. The number of hydrogen-bond acceptors (Lipinski definition) is 5. The minimum Gasteiger partial charge on any atom is -0.493 e. The molecule has 1 fully saturated rings. The molecule has 7 nitrogen and oxygen atoms in total. The van der Waals surface area contributed by atoms with Crippen molar-refractivity contribution in [1.29, 1.82) is 0 Å². The van der Waals surface area contributed by atoms with Crippen LogP contribution in [0.4, 0.5) is 0 Å². The molecular formula is C26H25N3O4. The number of nitrogens with zero attached hydrogens (tertiary/aromatic N) is 1. The molecule has 7 heteroatoms. The van der Waals surface area contributed by atoms with Gasteiger partial charge >= 0.3 is 0 Å². The lowest BCUT2D eigenvalue weighted by atomic mass is 9.88. The molecule has 4 rings (SSSR count). The Morgan fingerprint density at radius 2 is 1.79 bits per heavy atom. The maximum Gasteiger partial charge on any atom is 0.253 e. The van der Waals surface area contributed by atoms with Gasteiger partial charge in [-0.2, -0.15) is 5.10 Å². The van der Waals surface area contributed by atoms with Crippen LogP contribution in [0.15, 0.2) is 84.0 Å². The Hall–Kier alpha value is -4.13. The van der Waals surface area contributed by atoms with E-state index < -0.39 is 11.8 Å². The summed E-state index contributed by atoms with van der Waals surface area (Å²) in [6.45, 7) is 0.846. The van der Waals surface area contributed by atoms with E-state index in [1.165, 1.54) is 6.21 Å². The predicted molar refractivity (Wildman–Crippen MR) is 125 cm³/mol. The molecule has 33 heavy (non-hydrogen) atoms. The molecule has 0 saturated carbocycles. The number of hydrazone groups is 1. The quantitative estimate of drug-likeness (QED) is 0.318. The predicted octanol–water partition coefficient (Wildman–Crippen LogP) is 3.25. The molecular weight excluding hydrogens is 418 g/mol. The van der Waals surface area contributed by atoms with Gasteiger partial charge in [0.1, 0.15) is 12.5 Å². The summed E-state index contributed by atoms with van der Waals surface area (Å²) < 4.78 is 11.3. The molecule has 0 unspecified atom stereocenters. The first-order valence-corrected chi connectivity index (χ1v) is 10.7. The van der Waals surface area contributed by atoms with E-state index in [1.54, 1.807) is 19.2 Å². The van der Waals surface area contributed by atoms with Crippen molar-refractivity contribution >= 4 is 18.0 Å². The van der Waals surface area contributed by atoms with E-state index in [1.807, 2.05) is 66.7 Å². The maximum atomic E-state index is 12.7. The minimum absolute atomic E-state index is 0.227. The Bertz CT molecular complexity index is 1130. The lowest BCUT2D eigenvalue weighted by Gasteiger charge is -2.15. The lowest BCUT2D eigenvalue weighted by Crippen LogP contribution is -2.34. The summed E-state index contributed by atoms with van der Waals surface area (Å²) in [6, 6.07) is 24.8. The van der Waals surface area contributed by atoms with E-state index in [4.69, 9.17) is 9.47 Å². The second kappa shape index (κ2) is 10.5. The molecule has 168 valence electrons. The normalized spacial score (nSPS) is 17.5. The van der Waals surface area contributed by atoms with Crippen LogP contribution in [0.1, 0.15) is 22.6 Å². The largest absolute Gasteiger partial charge is 0.493 e. The average Bonchev–Trinajstić information content (AvgIpc) is 3.25. The van der Waals surface area contributed by atoms with Gasteiger partial charge in [-0.1, -0.05) is 60.7 Å². The Labute approximate surface area is 192 Å². The number of ether oxygens (including phenoxy) is 2. The highest BCUT2D eigenvalue weighted by atomic mass is 16.5. The van der Waals surface area contributed by atoms with Crippen molar-refractivity contribution in [3.05, 3.63) is 95.6 Å². The van der Waals surface area contributed by atoms with Gasteiger partial charge in [0.05, 0.1) is 13.3 Å². The molecule has 1 saturated heterocycles. The van der Waals surface area contributed by atoms with E-state index in [9.17, 15) is 9.59 Å². The van der Waals surface area contributed by atoms with Gasteiger partial charge < -0.3 is 14.8 Å². The van der Waals surface area contributed by atoms with Crippen molar-refractivity contribution < 1.29 is 19.1 Å². The van der Waals surface area contributed by atoms with E-state index in [-0.39, 0.29) is 11.8 Å². The first kappa shape index (κ1) is 22.1. The number of hydrogen-bond donors (Lipinski definition) is 2. The fourth-order valence-corrected chi connectivity index (χ4v) is 3.79. The molecule has 0 spiro atoms. The second-order valence-electron chi connectivity index (χ2n) is 7.66. The summed E-state index contributed by atoms with van der Waals surface area (Å²) >= 11 is 0. The monoisotopic (exact) mass is 443 g/mol. The van der Waals surface area contributed by atoms with Crippen molar-refractivity contribution in [2.24, 2.45) is 11.0 Å². The van der Waals surface area contributed by atoms with Crippen molar-refractivity contribution in [3.63, 3.8) is 0 Å². The van der Waals surface area contributed by atoms with Gasteiger partial charge in [0.2, 0.25) is 5.91 Å². The molecule has 2 atom stereocenters. The van der Waals surface area contributed by atoms with Gasteiger partial charge in [-0.05, 0) is 34.9 Å². The lowest BCUT2D eigenvalue weighted by molar-refractivity contribution is -0.133. The maximum absolute atomic E-state index is 12.7. The van der Waals surface area contributed by atoms with Crippen LogP contribution in [0, 0.1) is 5.92 Å². The first-order chi connectivity index (χ1) is 16.2. The van der Waals surface area contributed by atoms with E-state index in [2.05, 4.69) is 15.8 Å². The van der Waals surface area contributed by atoms with Crippen molar-refractivity contribution in [2.75, 3.05) is 13.7 Å². The van der Waals surface area contributed by atoms with Crippen LogP contribution >= 0.6 is 0 Å². The summed E-state index contributed by atoms with van der Waals surface area (Å²) in [5.74, 6) is -0.623. The fourth-order valence-electron chi connectivity index (χ4n) is 3.79. The average molecular weight is 444 g/mol. The Kier molecular flexibility index (Phi) is 6.99. The molecule has 0 aliphatic carbocycles. The smallest absolute Gasteiger partial charge is 0.253 e. The molecule has 1 aliphatic rings. The van der Waals surface area contributed by atoms with Gasteiger partial charge in [-0.3, -0.25) is 9.59 Å². The summed E-state index contributed by atoms with van der Waals surface area (Å²) in [5.41, 5.74) is 5.21. The van der Waals surface area contributed by atoms with Gasteiger partial charge in [-0.15, -0.1) is 0 Å². The highest BCUT2D eigenvalue weighted by molar-refractivity contribution is 6.03. The van der Waals surface area contributed by atoms with Crippen LogP contribution in [0.3, 0.4) is 0 Å². The van der Waals surface area contributed by atoms with Crippen molar-refractivity contribution in [2.45, 2.75) is 12.5 Å². The van der Waals surface area contributed by atoms with Gasteiger partial charge in [0, 0.05) is 12.5 Å². The molecule has 2 N–H and O–H groups in total. The van der Waals surface area contributed by atoms with Crippen molar-refractivity contribution in [1.82, 2.24) is 10.7 Å². The van der Waals surface area contributed by atoms with E-state index in [0.717, 1.165) is 16.7 Å². The van der Waals surface area contributed by atoms with E-state index >= 15 is 0 Å². The molecule has 3 aromatic carbocycles. The number of amides is 2. The molecule has 3 aromatic rings. The highest BCUT2D eigenvalue weighted by Gasteiger charge is 2.40. The second-order valence-corrected chi connectivity index (χ2v) is 7.66. The number of nitrogens with one attached hydrogen (secondary N) is 2. The molecule has 2 amide bonds. The number of methoxy groups -OCH3 is 1. The molecule has 0 aromatic heterocycles. The summed E-state index contributed by atoms with van der Waals surface area (Å²) in [5, 5.41) is 6.82. The molecule has 0 radical (unpaired) electrons. The van der Waals surface area contributed by atoms with Crippen LogP contribution in [0.2, 0.25) is 0 Å². The third kappa shape index (κ3) is 5.38. The topological polar surface area (TPSA) is 89.0 Å². The number of rotatable bonds is 8. The molecule has 1 aliphatic heterocycles. The zero-order valence-electron chi connectivity index (χ0n) is 18.2. The molecule has 1 heterocycles. The van der Waals surface area contributed by atoms with Gasteiger partial charge in [0.25, 0.3) is 5.91 Å².